The van der Waals surface area contributed by atoms with Gasteiger partial charge in [-0.15, -0.1) is 22.9 Å². The highest BCUT2D eigenvalue weighted by Crippen LogP contribution is 2.02. The highest BCUT2D eigenvalue weighted by molar-refractivity contribution is 7.09. The lowest BCUT2D eigenvalue weighted by atomic mass is 10.4. The Morgan fingerprint density at radius 3 is 3.18 bits per heavy atom. The Labute approximate surface area is 75.6 Å². The van der Waals surface area contributed by atoms with Crippen LogP contribution in [-0.4, -0.2) is 16.9 Å². The van der Waals surface area contributed by atoms with E-state index in [4.69, 9.17) is 11.6 Å². The highest BCUT2D eigenvalue weighted by atomic mass is 35.5. The smallest absolute Gasteiger partial charge is 0.106 e. The van der Waals surface area contributed by atoms with Gasteiger partial charge in [0.1, 0.15) is 5.01 Å². The van der Waals surface area contributed by atoms with Gasteiger partial charge in [0.2, 0.25) is 0 Å². The molecular formula is C7H11ClN2S. The van der Waals surface area contributed by atoms with Crippen molar-refractivity contribution in [1.29, 1.82) is 0 Å². The van der Waals surface area contributed by atoms with E-state index in [1.807, 2.05) is 18.5 Å². The van der Waals surface area contributed by atoms with E-state index < -0.39 is 0 Å². The normalized spacial score (nSPS) is 13.3. The van der Waals surface area contributed by atoms with E-state index in [0.29, 0.717) is 0 Å². The molecule has 0 saturated carbocycles. The minimum Gasteiger partial charge on any atom is -0.309 e. The quantitative estimate of drug-likeness (QED) is 0.734. The summed E-state index contributed by atoms with van der Waals surface area (Å²) < 4.78 is 0. The zero-order chi connectivity index (χ0) is 8.10. The summed E-state index contributed by atoms with van der Waals surface area (Å²) in [7, 11) is 0. The highest BCUT2D eigenvalue weighted by Gasteiger charge is 1.96. The molecule has 0 fully saturated rings. The third-order valence-electron chi connectivity index (χ3n) is 1.19. The second-order valence-corrected chi connectivity index (χ2v) is 4.06. The summed E-state index contributed by atoms with van der Waals surface area (Å²) >= 11 is 7.40. The van der Waals surface area contributed by atoms with Crippen molar-refractivity contribution >= 4 is 22.9 Å². The van der Waals surface area contributed by atoms with Crippen molar-refractivity contribution in [3.63, 3.8) is 0 Å². The molecule has 1 unspecified atom stereocenters. The van der Waals surface area contributed by atoms with E-state index in [9.17, 15) is 0 Å². The number of nitrogens with one attached hydrogen (secondary N) is 1. The Balaban J connectivity index is 2.14. The first-order chi connectivity index (χ1) is 5.29. The molecule has 0 bridgehead atoms. The number of halogens is 1. The fourth-order valence-electron chi connectivity index (χ4n) is 0.718. The van der Waals surface area contributed by atoms with Crippen molar-refractivity contribution in [3.8, 4) is 0 Å². The molecule has 1 atom stereocenters. The van der Waals surface area contributed by atoms with Crippen LogP contribution in [0.1, 0.15) is 11.9 Å². The first-order valence-electron chi connectivity index (χ1n) is 3.52. The number of alkyl halides is 1. The van der Waals surface area contributed by atoms with Gasteiger partial charge in [0.05, 0.1) is 0 Å². The van der Waals surface area contributed by atoms with E-state index in [0.717, 1.165) is 18.1 Å². The summed E-state index contributed by atoms with van der Waals surface area (Å²) in [5, 5.41) is 6.48. The first-order valence-corrected chi connectivity index (χ1v) is 4.84. The second-order valence-electron chi connectivity index (χ2n) is 2.34. The summed E-state index contributed by atoms with van der Waals surface area (Å²) in [4.78, 5) is 4.13. The Bertz CT molecular complexity index is 186. The lowest BCUT2D eigenvalue weighted by molar-refractivity contribution is 0.677. The third kappa shape index (κ3) is 3.70. The van der Waals surface area contributed by atoms with Gasteiger partial charge >= 0.3 is 0 Å². The zero-order valence-corrected chi connectivity index (χ0v) is 7.95. The molecule has 0 aliphatic carbocycles. The van der Waals surface area contributed by atoms with Gasteiger partial charge in [-0.1, -0.05) is 0 Å². The molecule has 1 rings (SSSR count). The summed E-state index contributed by atoms with van der Waals surface area (Å²) in [5.41, 5.74) is 0. The van der Waals surface area contributed by atoms with Crippen molar-refractivity contribution in [1.82, 2.24) is 10.3 Å². The van der Waals surface area contributed by atoms with E-state index in [-0.39, 0.29) is 5.38 Å². The Kier molecular flexibility index (Phi) is 3.83. The number of hydrogen-bond acceptors (Lipinski definition) is 3. The molecule has 0 radical (unpaired) electrons. The van der Waals surface area contributed by atoms with E-state index >= 15 is 0 Å². The third-order valence-corrected chi connectivity index (χ3v) is 2.12. The zero-order valence-electron chi connectivity index (χ0n) is 6.38. The maximum absolute atomic E-state index is 5.74. The van der Waals surface area contributed by atoms with Gasteiger partial charge in [-0.25, -0.2) is 4.98 Å². The maximum atomic E-state index is 5.74. The molecule has 62 valence electrons. The summed E-state index contributed by atoms with van der Waals surface area (Å²) in [6.45, 7) is 3.63. The van der Waals surface area contributed by atoms with Crippen LogP contribution in [0.15, 0.2) is 11.6 Å². The number of aromatic nitrogens is 1. The fourth-order valence-corrected chi connectivity index (χ4v) is 1.41. The van der Waals surface area contributed by atoms with Crippen LogP contribution in [0.4, 0.5) is 0 Å². The molecule has 1 N–H and O–H groups in total. The van der Waals surface area contributed by atoms with E-state index in [2.05, 4.69) is 10.3 Å². The molecule has 1 heterocycles. The molecule has 1 aromatic heterocycles. The van der Waals surface area contributed by atoms with Gasteiger partial charge in [-0.05, 0) is 6.92 Å². The van der Waals surface area contributed by atoms with Crippen LogP contribution in [0.3, 0.4) is 0 Å². The van der Waals surface area contributed by atoms with Crippen LogP contribution in [0.5, 0.6) is 0 Å². The monoisotopic (exact) mass is 190 g/mol. The lowest BCUT2D eigenvalue weighted by Gasteiger charge is -2.02. The van der Waals surface area contributed by atoms with Gasteiger partial charge in [0, 0.05) is 30.0 Å². The molecule has 11 heavy (non-hydrogen) atoms. The van der Waals surface area contributed by atoms with Crippen LogP contribution in [0.2, 0.25) is 0 Å². The summed E-state index contributed by atoms with van der Waals surface area (Å²) in [6.07, 6.45) is 1.81. The number of thiazole rings is 1. The van der Waals surface area contributed by atoms with Crippen LogP contribution in [0.25, 0.3) is 0 Å². The average molecular weight is 191 g/mol. The summed E-state index contributed by atoms with van der Waals surface area (Å²) in [5.74, 6) is 0. The van der Waals surface area contributed by atoms with Gasteiger partial charge in [-0.2, -0.15) is 0 Å². The number of nitrogens with zero attached hydrogens (tertiary/aromatic N) is 1. The molecular weight excluding hydrogens is 180 g/mol. The van der Waals surface area contributed by atoms with Crippen molar-refractivity contribution < 1.29 is 0 Å². The minimum absolute atomic E-state index is 0.190. The molecule has 1 aromatic rings. The molecule has 0 aromatic carbocycles. The Morgan fingerprint density at radius 1 is 1.82 bits per heavy atom. The molecule has 0 aliphatic rings. The number of hydrogen-bond donors (Lipinski definition) is 1. The molecule has 0 spiro atoms. The van der Waals surface area contributed by atoms with E-state index in [1.54, 1.807) is 11.3 Å². The predicted octanol–water partition coefficient (Wildman–Crippen LogP) is 1.86. The first kappa shape index (κ1) is 8.97. The number of rotatable bonds is 4. The Morgan fingerprint density at radius 2 is 2.64 bits per heavy atom. The fraction of sp³-hybridized carbons (Fsp3) is 0.571. The van der Waals surface area contributed by atoms with Gasteiger partial charge in [0.15, 0.2) is 0 Å². The molecule has 4 heteroatoms. The maximum Gasteiger partial charge on any atom is 0.106 e. The van der Waals surface area contributed by atoms with Crippen LogP contribution < -0.4 is 5.32 Å². The molecule has 2 nitrogen and oxygen atoms in total. The Hall–Kier alpha value is -0.120. The van der Waals surface area contributed by atoms with Crippen molar-refractivity contribution in [3.05, 3.63) is 16.6 Å². The van der Waals surface area contributed by atoms with Crippen LogP contribution in [0, 0.1) is 0 Å². The van der Waals surface area contributed by atoms with Crippen molar-refractivity contribution in [2.45, 2.75) is 18.8 Å². The largest absolute Gasteiger partial charge is 0.309 e. The van der Waals surface area contributed by atoms with Gasteiger partial charge in [0.25, 0.3) is 0 Å². The van der Waals surface area contributed by atoms with Crippen molar-refractivity contribution in [2.24, 2.45) is 0 Å². The SMILES string of the molecule is CC(Cl)CNCc1nccs1. The van der Waals surface area contributed by atoms with E-state index in [1.165, 1.54) is 0 Å². The van der Waals surface area contributed by atoms with Crippen LogP contribution in [-0.2, 0) is 6.54 Å². The lowest BCUT2D eigenvalue weighted by Crippen LogP contribution is -2.20. The predicted molar refractivity (Wildman–Crippen MR) is 49.1 cm³/mol. The summed E-state index contributed by atoms with van der Waals surface area (Å²) in [6, 6.07) is 0. The molecule has 0 saturated heterocycles. The average Bonchev–Trinajstić information content (AvgIpc) is 2.39. The van der Waals surface area contributed by atoms with Gasteiger partial charge in [-0.3, -0.25) is 0 Å². The topological polar surface area (TPSA) is 24.9 Å². The molecule has 0 amide bonds. The van der Waals surface area contributed by atoms with Gasteiger partial charge < -0.3 is 5.32 Å². The van der Waals surface area contributed by atoms with Crippen molar-refractivity contribution in [2.75, 3.05) is 6.54 Å². The van der Waals surface area contributed by atoms with Crippen LogP contribution >= 0.6 is 22.9 Å². The second kappa shape index (κ2) is 4.70. The minimum atomic E-state index is 0.190. The molecule has 0 aliphatic heterocycles. The standard InChI is InChI=1S/C7H11ClN2S/c1-6(8)4-9-5-7-10-2-3-11-7/h2-3,6,9H,4-5H2,1H3.